The zero-order valence-electron chi connectivity index (χ0n) is 15.7. The molecule has 0 unspecified atom stereocenters. The van der Waals surface area contributed by atoms with Gasteiger partial charge in [-0.3, -0.25) is 9.36 Å². The van der Waals surface area contributed by atoms with Crippen molar-refractivity contribution in [3.05, 3.63) is 70.5 Å². The predicted octanol–water partition coefficient (Wildman–Crippen LogP) is 4.82. The summed E-state index contributed by atoms with van der Waals surface area (Å²) in [6, 6.07) is 18.0. The van der Waals surface area contributed by atoms with Gasteiger partial charge in [-0.15, -0.1) is 0 Å². The van der Waals surface area contributed by atoms with Gasteiger partial charge in [-0.05, 0) is 44.4 Å². The van der Waals surface area contributed by atoms with Gasteiger partial charge in [-0.25, -0.2) is 4.98 Å². The Kier molecular flexibility index (Phi) is 5.06. The molecule has 1 aromatic heterocycles. The van der Waals surface area contributed by atoms with E-state index in [4.69, 9.17) is 9.72 Å². The van der Waals surface area contributed by atoms with E-state index in [1.807, 2.05) is 47.0 Å². The highest BCUT2D eigenvalue weighted by Crippen LogP contribution is 2.34. The number of thioether (sulfide) groups is 1. The molecule has 0 spiro atoms. The van der Waals surface area contributed by atoms with Crippen molar-refractivity contribution in [3.8, 4) is 0 Å². The van der Waals surface area contributed by atoms with Crippen molar-refractivity contribution in [2.24, 2.45) is 0 Å². The van der Waals surface area contributed by atoms with Crippen molar-refractivity contribution >= 4 is 22.7 Å². The Morgan fingerprint density at radius 3 is 2.67 bits per heavy atom. The maximum absolute atomic E-state index is 13.3. The molecule has 5 heteroatoms. The molecule has 1 aliphatic heterocycles. The van der Waals surface area contributed by atoms with Crippen molar-refractivity contribution in [1.82, 2.24) is 9.55 Å². The number of aromatic nitrogens is 2. The van der Waals surface area contributed by atoms with Crippen molar-refractivity contribution in [2.45, 2.75) is 49.2 Å². The molecule has 27 heavy (non-hydrogen) atoms. The quantitative estimate of drug-likeness (QED) is 0.481. The van der Waals surface area contributed by atoms with Crippen LogP contribution < -0.4 is 5.56 Å². The number of para-hydroxylation sites is 1. The van der Waals surface area contributed by atoms with Crippen LogP contribution in [0.1, 0.15) is 38.3 Å². The van der Waals surface area contributed by atoms with E-state index >= 15 is 0 Å². The Morgan fingerprint density at radius 1 is 1.15 bits per heavy atom. The minimum absolute atomic E-state index is 0.0545. The average molecular weight is 381 g/mol. The van der Waals surface area contributed by atoms with Gasteiger partial charge in [0.2, 0.25) is 0 Å². The van der Waals surface area contributed by atoms with Gasteiger partial charge >= 0.3 is 0 Å². The number of hydrogen-bond donors (Lipinski definition) is 0. The van der Waals surface area contributed by atoms with Crippen LogP contribution >= 0.6 is 11.8 Å². The maximum Gasteiger partial charge on any atom is 0.262 e. The van der Waals surface area contributed by atoms with Crippen LogP contribution in [0.3, 0.4) is 0 Å². The molecule has 0 saturated carbocycles. The van der Waals surface area contributed by atoms with E-state index in [0.717, 1.165) is 29.3 Å². The number of nitrogens with zero attached hydrogens (tertiary/aromatic N) is 2. The van der Waals surface area contributed by atoms with Crippen LogP contribution in [-0.2, 0) is 10.5 Å². The lowest BCUT2D eigenvalue weighted by molar-refractivity contribution is -0.0708. The van der Waals surface area contributed by atoms with Crippen LogP contribution in [0.5, 0.6) is 0 Å². The monoisotopic (exact) mass is 380 g/mol. The molecule has 1 fully saturated rings. The summed E-state index contributed by atoms with van der Waals surface area (Å²) in [6.45, 7) is 4.85. The Labute approximate surface area is 163 Å². The Hall–Kier alpha value is -2.11. The van der Waals surface area contributed by atoms with Gasteiger partial charge in [0, 0.05) is 18.4 Å². The molecule has 0 aliphatic carbocycles. The molecule has 1 aliphatic rings. The summed E-state index contributed by atoms with van der Waals surface area (Å²) in [7, 11) is 0. The fourth-order valence-corrected chi connectivity index (χ4v) is 4.71. The largest absolute Gasteiger partial charge is 0.375 e. The number of ether oxygens (including phenoxy) is 1. The molecule has 140 valence electrons. The Morgan fingerprint density at radius 2 is 1.89 bits per heavy atom. The van der Waals surface area contributed by atoms with Gasteiger partial charge < -0.3 is 4.74 Å². The van der Waals surface area contributed by atoms with E-state index in [2.05, 4.69) is 26.0 Å². The van der Waals surface area contributed by atoms with Crippen molar-refractivity contribution in [2.75, 3.05) is 6.61 Å². The highest BCUT2D eigenvalue weighted by molar-refractivity contribution is 7.98. The molecule has 4 nitrogen and oxygen atoms in total. The zero-order valence-corrected chi connectivity index (χ0v) is 16.5. The first-order chi connectivity index (χ1) is 13.0. The first-order valence-corrected chi connectivity index (χ1v) is 10.3. The third-order valence-electron chi connectivity index (χ3n) is 5.02. The van der Waals surface area contributed by atoms with Gasteiger partial charge in [0.25, 0.3) is 5.56 Å². The summed E-state index contributed by atoms with van der Waals surface area (Å²) in [5.41, 5.74) is 1.82. The first-order valence-electron chi connectivity index (χ1n) is 9.35. The smallest absolute Gasteiger partial charge is 0.262 e. The zero-order chi connectivity index (χ0) is 18.9. The highest BCUT2D eigenvalue weighted by atomic mass is 32.2. The fourth-order valence-electron chi connectivity index (χ4n) is 3.69. The number of rotatable bonds is 4. The second-order valence-corrected chi connectivity index (χ2v) is 8.56. The summed E-state index contributed by atoms with van der Waals surface area (Å²) in [5.74, 6) is 0.790. The SMILES string of the molecule is CC1(C)C[C@@H](n2c(SCc3ccccc3)nc3ccccc3c2=O)CCO1. The topological polar surface area (TPSA) is 44.1 Å². The second-order valence-electron chi connectivity index (χ2n) is 7.62. The van der Waals surface area contributed by atoms with Crippen LogP contribution in [0, 0.1) is 0 Å². The van der Waals surface area contributed by atoms with Crippen LogP contribution in [0.4, 0.5) is 0 Å². The van der Waals surface area contributed by atoms with Crippen LogP contribution in [0.15, 0.2) is 64.5 Å². The molecule has 0 radical (unpaired) electrons. The lowest BCUT2D eigenvalue weighted by Gasteiger charge is -2.36. The number of fused-ring (bicyclic) bond motifs is 1. The second kappa shape index (κ2) is 7.49. The molecule has 1 atom stereocenters. The molecule has 1 saturated heterocycles. The summed E-state index contributed by atoms with van der Waals surface area (Å²) in [4.78, 5) is 18.2. The van der Waals surface area contributed by atoms with Gasteiger partial charge in [0.05, 0.1) is 16.5 Å². The van der Waals surface area contributed by atoms with Gasteiger partial charge in [-0.1, -0.05) is 54.2 Å². The minimum atomic E-state index is -0.227. The number of benzene rings is 2. The third kappa shape index (κ3) is 3.94. The normalized spacial score (nSPS) is 19.3. The molecular formula is C22H24N2O2S. The maximum atomic E-state index is 13.3. The molecule has 2 aromatic carbocycles. The lowest BCUT2D eigenvalue weighted by atomic mass is 9.93. The summed E-state index contributed by atoms with van der Waals surface area (Å²) in [6.07, 6.45) is 1.65. The summed E-state index contributed by atoms with van der Waals surface area (Å²) >= 11 is 1.63. The molecule has 0 N–H and O–H groups in total. The van der Waals surface area contributed by atoms with Crippen LogP contribution in [0.2, 0.25) is 0 Å². The average Bonchev–Trinajstić information content (AvgIpc) is 2.66. The summed E-state index contributed by atoms with van der Waals surface area (Å²) in [5, 5.41) is 1.48. The van der Waals surface area contributed by atoms with E-state index in [-0.39, 0.29) is 17.2 Å². The molecule has 0 amide bonds. The lowest BCUT2D eigenvalue weighted by Crippen LogP contribution is -2.39. The van der Waals surface area contributed by atoms with Crippen molar-refractivity contribution in [3.63, 3.8) is 0 Å². The fraction of sp³-hybridized carbons (Fsp3) is 0.364. The predicted molar refractivity (Wildman–Crippen MR) is 110 cm³/mol. The first kappa shape index (κ1) is 18.3. The molecule has 4 rings (SSSR count). The van der Waals surface area contributed by atoms with Crippen LogP contribution in [-0.4, -0.2) is 21.8 Å². The van der Waals surface area contributed by atoms with Crippen molar-refractivity contribution < 1.29 is 4.74 Å². The van der Waals surface area contributed by atoms with Gasteiger partial charge in [0.1, 0.15) is 0 Å². The van der Waals surface area contributed by atoms with Crippen LogP contribution in [0.25, 0.3) is 10.9 Å². The minimum Gasteiger partial charge on any atom is -0.375 e. The Bertz CT molecular complexity index is 998. The highest BCUT2D eigenvalue weighted by Gasteiger charge is 2.32. The van der Waals surface area contributed by atoms with E-state index in [9.17, 15) is 4.79 Å². The molecule has 0 bridgehead atoms. The third-order valence-corrected chi connectivity index (χ3v) is 6.05. The molecule has 2 heterocycles. The van der Waals surface area contributed by atoms with E-state index < -0.39 is 0 Å². The number of hydrogen-bond acceptors (Lipinski definition) is 4. The Balaban J connectivity index is 1.77. The van der Waals surface area contributed by atoms with E-state index in [0.29, 0.717) is 12.0 Å². The standard InChI is InChI=1S/C22H24N2O2S/c1-22(2)14-17(12-13-26-22)24-20(25)18-10-6-7-11-19(18)23-21(24)27-15-16-8-4-3-5-9-16/h3-11,17H,12-15H2,1-2H3/t17-/m0/s1. The summed E-state index contributed by atoms with van der Waals surface area (Å²) < 4.78 is 7.79. The van der Waals surface area contributed by atoms with E-state index in [1.54, 1.807) is 11.8 Å². The van der Waals surface area contributed by atoms with Gasteiger partial charge in [-0.2, -0.15) is 0 Å². The molecule has 3 aromatic rings. The molecular weight excluding hydrogens is 356 g/mol. The van der Waals surface area contributed by atoms with E-state index in [1.165, 1.54) is 5.56 Å². The van der Waals surface area contributed by atoms with Gasteiger partial charge in [0.15, 0.2) is 5.16 Å². The van der Waals surface area contributed by atoms with Crippen molar-refractivity contribution in [1.29, 1.82) is 0 Å².